The van der Waals surface area contributed by atoms with Gasteiger partial charge in [0.15, 0.2) is 0 Å². The molecule has 6 heteroatoms. The highest BCUT2D eigenvalue weighted by Crippen LogP contribution is 2.57. The van der Waals surface area contributed by atoms with Gasteiger partial charge in [-0.1, -0.05) is 67.1 Å². The number of ketones is 1. The maximum Gasteiger partial charge on any atom is 0.349 e. The standard InChI is InChI=1S/C23H23N3O3/c1-13-8-10-15(11-9-13)17-12-18(27)14(2)19(16-6-4-3-5-7-16)23(17)20(24)25-22(29)26-21(23)28/h3-11,14,17,19H,12H2,1-2H3,(H3,24,25,26,28,29)/t14-,17?,19-,23?/m0/s1. The largest absolute Gasteiger partial charge is 0.386 e. The predicted octanol–water partition coefficient (Wildman–Crippen LogP) is 3.06. The lowest BCUT2D eigenvalue weighted by Gasteiger charge is -2.50. The van der Waals surface area contributed by atoms with Crippen molar-refractivity contribution in [3.05, 3.63) is 71.3 Å². The number of rotatable bonds is 2. The van der Waals surface area contributed by atoms with Crippen LogP contribution in [0.5, 0.6) is 0 Å². The zero-order valence-electron chi connectivity index (χ0n) is 16.4. The third-order valence-electron chi connectivity index (χ3n) is 6.33. The fraction of sp³-hybridized carbons (Fsp3) is 0.304. The van der Waals surface area contributed by atoms with Gasteiger partial charge < -0.3 is 5.73 Å². The van der Waals surface area contributed by atoms with E-state index in [1.165, 1.54) is 0 Å². The highest BCUT2D eigenvalue weighted by molar-refractivity contribution is 6.20. The van der Waals surface area contributed by atoms with Crippen LogP contribution in [0, 0.1) is 18.3 Å². The number of hydrogen-bond donors (Lipinski definition) is 2. The third kappa shape index (κ3) is 2.87. The Morgan fingerprint density at radius 2 is 1.66 bits per heavy atom. The van der Waals surface area contributed by atoms with Gasteiger partial charge in [0.25, 0.3) is 0 Å². The van der Waals surface area contributed by atoms with Crippen molar-refractivity contribution in [2.75, 3.05) is 0 Å². The summed E-state index contributed by atoms with van der Waals surface area (Å²) in [4.78, 5) is 42.4. The van der Waals surface area contributed by atoms with Gasteiger partial charge >= 0.3 is 6.03 Å². The van der Waals surface area contributed by atoms with Crippen LogP contribution in [0.15, 0.2) is 59.6 Å². The minimum absolute atomic E-state index is 0.0231. The fourth-order valence-electron chi connectivity index (χ4n) is 4.92. The molecule has 0 saturated heterocycles. The normalized spacial score (nSPS) is 29.5. The first-order valence-electron chi connectivity index (χ1n) is 9.70. The Bertz CT molecular complexity index is 1010. The second kappa shape index (κ2) is 6.95. The van der Waals surface area contributed by atoms with E-state index >= 15 is 0 Å². The average Bonchev–Trinajstić information content (AvgIpc) is 2.69. The molecule has 1 spiro atoms. The Morgan fingerprint density at radius 1 is 1.00 bits per heavy atom. The summed E-state index contributed by atoms with van der Waals surface area (Å²) >= 11 is 0. The Kier molecular flexibility index (Phi) is 4.57. The Balaban J connectivity index is 2.01. The number of Topliss-reactive ketones (excluding diaryl/α,β-unsaturated/α-hetero) is 1. The van der Waals surface area contributed by atoms with E-state index in [2.05, 4.69) is 10.3 Å². The lowest BCUT2D eigenvalue weighted by atomic mass is 9.51. The van der Waals surface area contributed by atoms with Gasteiger partial charge in [-0.05, 0) is 18.1 Å². The maximum absolute atomic E-state index is 13.5. The van der Waals surface area contributed by atoms with E-state index in [0.29, 0.717) is 0 Å². The number of carbonyl (C=O) groups is 3. The Labute approximate surface area is 169 Å². The second-order valence-electron chi connectivity index (χ2n) is 7.94. The van der Waals surface area contributed by atoms with Crippen LogP contribution in [-0.2, 0) is 9.59 Å². The number of nitrogens with two attached hydrogens (primary N) is 1. The highest BCUT2D eigenvalue weighted by atomic mass is 16.2. The summed E-state index contributed by atoms with van der Waals surface area (Å²) in [6.07, 6.45) is 0.158. The summed E-state index contributed by atoms with van der Waals surface area (Å²) in [5, 5.41) is 2.36. The van der Waals surface area contributed by atoms with Crippen molar-refractivity contribution in [1.29, 1.82) is 0 Å². The van der Waals surface area contributed by atoms with Gasteiger partial charge in [0.05, 0.1) is 0 Å². The van der Waals surface area contributed by atoms with Crippen molar-refractivity contribution in [2.45, 2.75) is 32.1 Å². The SMILES string of the molecule is Cc1ccc(C2CC(=O)[C@H](C)[C@@H](c3ccccc3)C23C(=O)NC(=O)N=C3N)cc1. The molecule has 0 radical (unpaired) electrons. The number of aryl methyl sites for hydroxylation is 1. The van der Waals surface area contributed by atoms with E-state index in [4.69, 9.17) is 5.73 Å². The molecule has 2 aromatic rings. The molecule has 1 fully saturated rings. The van der Waals surface area contributed by atoms with Gasteiger partial charge in [-0.3, -0.25) is 14.9 Å². The van der Waals surface area contributed by atoms with Crippen LogP contribution in [0.25, 0.3) is 0 Å². The minimum Gasteiger partial charge on any atom is -0.386 e. The van der Waals surface area contributed by atoms with Crippen molar-refractivity contribution in [2.24, 2.45) is 22.1 Å². The minimum atomic E-state index is -1.32. The molecule has 1 heterocycles. The first-order valence-corrected chi connectivity index (χ1v) is 9.70. The number of nitrogens with zero attached hydrogens (tertiary/aromatic N) is 1. The summed E-state index contributed by atoms with van der Waals surface area (Å²) in [7, 11) is 0. The van der Waals surface area contributed by atoms with Gasteiger partial charge in [-0.25, -0.2) is 4.79 Å². The van der Waals surface area contributed by atoms with E-state index in [0.717, 1.165) is 16.7 Å². The first-order chi connectivity index (χ1) is 13.9. The zero-order chi connectivity index (χ0) is 20.8. The lowest BCUT2D eigenvalue weighted by Crippen LogP contribution is -2.64. The third-order valence-corrected chi connectivity index (χ3v) is 6.33. The van der Waals surface area contributed by atoms with E-state index in [-0.39, 0.29) is 18.0 Å². The molecule has 0 bridgehead atoms. The summed E-state index contributed by atoms with van der Waals surface area (Å²) in [5.41, 5.74) is 7.79. The Morgan fingerprint density at radius 3 is 2.28 bits per heavy atom. The summed E-state index contributed by atoms with van der Waals surface area (Å²) in [6.45, 7) is 3.80. The average molecular weight is 389 g/mol. The van der Waals surface area contributed by atoms with Crippen molar-refractivity contribution in [1.82, 2.24) is 5.32 Å². The van der Waals surface area contributed by atoms with Crippen LogP contribution < -0.4 is 11.1 Å². The number of amides is 3. The number of urea groups is 1. The molecule has 2 aromatic carbocycles. The molecule has 0 aromatic heterocycles. The monoisotopic (exact) mass is 389 g/mol. The maximum atomic E-state index is 13.5. The molecule has 1 aliphatic carbocycles. The smallest absolute Gasteiger partial charge is 0.349 e. The van der Waals surface area contributed by atoms with Crippen LogP contribution in [-0.4, -0.2) is 23.6 Å². The molecule has 148 valence electrons. The topological polar surface area (TPSA) is 102 Å². The lowest BCUT2D eigenvalue weighted by molar-refractivity contribution is -0.136. The quantitative estimate of drug-likeness (QED) is 0.824. The molecule has 1 aliphatic heterocycles. The number of imide groups is 1. The van der Waals surface area contributed by atoms with Crippen LogP contribution in [0.1, 0.15) is 41.9 Å². The number of benzene rings is 2. The Hall–Kier alpha value is -3.28. The summed E-state index contributed by atoms with van der Waals surface area (Å²) in [6, 6.07) is 16.4. The van der Waals surface area contributed by atoms with Crippen LogP contribution >= 0.6 is 0 Å². The molecule has 3 N–H and O–H groups in total. The van der Waals surface area contributed by atoms with Crippen molar-refractivity contribution in [3.8, 4) is 0 Å². The highest BCUT2D eigenvalue weighted by Gasteiger charge is 2.62. The van der Waals surface area contributed by atoms with Gasteiger partial charge in [0.2, 0.25) is 5.91 Å². The number of carbonyl (C=O) groups excluding carboxylic acids is 3. The van der Waals surface area contributed by atoms with Gasteiger partial charge in [0, 0.05) is 24.2 Å². The number of hydrogen-bond acceptors (Lipinski definition) is 4. The molecular weight excluding hydrogens is 366 g/mol. The molecule has 3 amide bonds. The van der Waals surface area contributed by atoms with E-state index in [9.17, 15) is 14.4 Å². The second-order valence-corrected chi connectivity index (χ2v) is 7.94. The fourth-order valence-corrected chi connectivity index (χ4v) is 4.92. The molecule has 2 aliphatic rings. The van der Waals surface area contributed by atoms with Crippen LogP contribution in [0.2, 0.25) is 0 Å². The van der Waals surface area contributed by atoms with Gasteiger partial charge in [-0.15, -0.1) is 0 Å². The van der Waals surface area contributed by atoms with Gasteiger partial charge in [0.1, 0.15) is 17.0 Å². The molecule has 4 rings (SSSR count). The molecule has 4 atom stereocenters. The van der Waals surface area contributed by atoms with Crippen molar-refractivity contribution in [3.63, 3.8) is 0 Å². The molecule has 1 saturated carbocycles. The van der Waals surface area contributed by atoms with Gasteiger partial charge in [-0.2, -0.15) is 4.99 Å². The molecule has 29 heavy (non-hydrogen) atoms. The van der Waals surface area contributed by atoms with Crippen LogP contribution in [0.3, 0.4) is 0 Å². The number of amidine groups is 1. The first kappa shape index (κ1) is 19.1. The van der Waals surface area contributed by atoms with Crippen LogP contribution in [0.4, 0.5) is 4.79 Å². The molecule has 2 unspecified atom stereocenters. The van der Waals surface area contributed by atoms with Crippen molar-refractivity contribution < 1.29 is 14.4 Å². The summed E-state index contributed by atoms with van der Waals surface area (Å²) in [5.74, 6) is -1.96. The van der Waals surface area contributed by atoms with E-state index < -0.39 is 35.1 Å². The van der Waals surface area contributed by atoms with E-state index in [1.807, 2.05) is 68.4 Å². The predicted molar refractivity (Wildman–Crippen MR) is 109 cm³/mol. The number of aliphatic imine (C=N–C) groups is 1. The molecular formula is C23H23N3O3. The zero-order valence-corrected chi connectivity index (χ0v) is 16.4. The van der Waals surface area contributed by atoms with Crippen molar-refractivity contribution >= 4 is 23.6 Å². The number of nitrogens with one attached hydrogen (secondary N) is 1. The van der Waals surface area contributed by atoms with E-state index in [1.54, 1.807) is 0 Å². The summed E-state index contributed by atoms with van der Waals surface area (Å²) < 4.78 is 0. The molecule has 6 nitrogen and oxygen atoms in total.